The highest BCUT2D eigenvalue weighted by molar-refractivity contribution is 14.0. The summed E-state index contributed by atoms with van der Waals surface area (Å²) in [5, 5.41) is 6.84. The molecular weight excluding hydrogens is 479 g/mol. The standard InChI is InChI=1S/C22H38N4O2.HI/c1-6-27-13-14-28-21-15-18(4)7-8-19(21)16-25-22(23-5)24-11-12-26(17(2)3)20-9-10-20;/h7-8,15,17,20H,6,9-14,16H2,1-5H3,(H2,23,24,25);1H. The molecule has 0 aliphatic heterocycles. The van der Waals surface area contributed by atoms with Crippen molar-refractivity contribution >= 4 is 29.9 Å². The molecule has 0 heterocycles. The van der Waals surface area contributed by atoms with Gasteiger partial charge in [-0.25, -0.2) is 0 Å². The van der Waals surface area contributed by atoms with E-state index in [0.717, 1.165) is 36.4 Å². The molecule has 6 nitrogen and oxygen atoms in total. The number of ether oxygens (including phenoxy) is 2. The lowest BCUT2D eigenvalue weighted by Gasteiger charge is -2.26. The normalized spacial score (nSPS) is 14.1. The second kappa shape index (κ2) is 14.0. The zero-order valence-electron chi connectivity index (χ0n) is 18.7. The Bertz CT molecular complexity index is 619. The number of hydrogen-bond acceptors (Lipinski definition) is 4. The third-order valence-corrected chi connectivity index (χ3v) is 4.92. The van der Waals surface area contributed by atoms with Crippen molar-refractivity contribution in [3.8, 4) is 5.75 Å². The highest BCUT2D eigenvalue weighted by Gasteiger charge is 2.30. The van der Waals surface area contributed by atoms with Crippen LogP contribution in [-0.4, -0.2) is 62.9 Å². The summed E-state index contributed by atoms with van der Waals surface area (Å²) in [7, 11) is 1.81. The summed E-state index contributed by atoms with van der Waals surface area (Å²) in [6.45, 7) is 13.1. The Morgan fingerprint density at radius 3 is 2.62 bits per heavy atom. The number of halogens is 1. The molecule has 0 bridgehead atoms. The Hall–Kier alpha value is -1.06. The van der Waals surface area contributed by atoms with E-state index in [4.69, 9.17) is 9.47 Å². The number of aryl methyl sites for hydroxylation is 1. The predicted octanol–water partition coefficient (Wildman–Crippen LogP) is 3.57. The van der Waals surface area contributed by atoms with Crippen molar-refractivity contribution in [1.82, 2.24) is 15.5 Å². The van der Waals surface area contributed by atoms with Crippen LogP contribution < -0.4 is 15.4 Å². The average molecular weight is 518 g/mol. The van der Waals surface area contributed by atoms with Crippen molar-refractivity contribution in [3.05, 3.63) is 29.3 Å². The van der Waals surface area contributed by atoms with Gasteiger partial charge >= 0.3 is 0 Å². The fourth-order valence-corrected chi connectivity index (χ4v) is 3.27. The molecule has 1 aromatic carbocycles. The Labute approximate surface area is 193 Å². The number of benzene rings is 1. The molecule has 29 heavy (non-hydrogen) atoms. The van der Waals surface area contributed by atoms with Gasteiger partial charge in [0.15, 0.2) is 5.96 Å². The molecule has 0 radical (unpaired) electrons. The zero-order valence-corrected chi connectivity index (χ0v) is 21.0. The first-order valence-electron chi connectivity index (χ1n) is 10.6. The maximum atomic E-state index is 5.93. The van der Waals surface area contributed by atoms with Crippen LogP contribution in [0, 0.1) is 6.92 Å². The number of nitrogens with one attached hydrogen (secondary N) is 2. The average Bonchev–Trinajstić information content (AvgIpc) is 3.50. The van der Waals surface area contributed by atoms with E-state index < -0.39 is 0 Å². The van der Waals surface area contributed by atoms with E-state index in [1.165, 1.54) is 18.4 Å². The van der Waals surface area contributed by atoms with Crippen LogP contribution >= 0.6 is 24.0 Å². The third kappa shape index (κ3) is 9.53. The molecule has 166 valence electrons. The Morgan fingerprint density at radius 1 is 1.24 bits per heavy atom. The van der Waals surface area contributed by atoms with Crippen molar-refractivity contribution in [2.75, 3.05) is 40.0 Å². The van der Waals surface area contributed by atoms with Crippen molar-refractivity contribution in [2.45, 2.75) is 59.2 Å². The van der Waals surface area contributed by atoms with Gasteiger partial charge in [0, 0.05) is 50.9 Å². The van der Waals surface area contributed by atoms with Gasteiger partial charge < -0.3 is 20.1 Å². The highest BCUT2D eigenvalue weighted by Crippen LogP contribution is 2.27. The Kier molecular flexibility index (Phi) is 12.6. The molecule has 0 aromatic heterocycles. The molecule has 1 aliphatic rings. The highest BCUT2D eigenvalue weighted by atomic mass is 127. The first-order chi connectivity index (χ1) is 13.5. The predicted molar refractivity (Wildman–Crippen MR) is 132 cm³/mol. The van der Waals surface area contributed by atoms with Gasteiger partial charge in [-0.15, -0.1) is 24.0 Å². The van der Waals surface area contributed by atoms with Crippen LogP contribution in [0.2, 0.25) is 0 Å². The smallest absolute Gasteiger partial charge is 0.191 e. The summed E-state index contributed by atoms with van der Waals surface area (Å²) in [6.07, 6.45) is 2.68. The molecule has 1 fully saturated rings. The van der Waals surface area contributed by atoms with E-state index in [2.05, 4.69) is 59.5 Å². The van der Waals surface area contributed by atoms with Crippen LogP contribution in [-0.2, 0) is 11.3 Å². The molecule has 1 saturated carbocycles. The largest absolute Gasteiger partial charge is 0.491 e. The van der Waals surface area contributed by atoms with Gasteiger partial charge in [-0.1, -0.05) is 12.1 Å². The van der Waals surface area contributed by atoms with E-state index in [9.17, 15) is 0 Å². The van der Waals surface area contributed by atoms with Crippen molar-refractivity contribution in [2.24, 2.45) is 4.99 Å². The summed E-state index contributed by atoms with van der Waals surface area (Å²) < 4.78 is 11.3. The number of nitrogens with zero attached hydrogens (tertiary/aromatic N) is 2. The van der Waals surface area contributed by atoms with Crippen molar-refractivity contribution in [1.29, 1.82) is 0 Å². The molecule has 2 rings (SSSR count). The molecule has 2 N–H and O–H groups in total. The van der Waals surface area contributed by atoms with Crippen LogP contribution in [0.25, 0.3) is 0 Å². The summed E-state index contributed by atoms with van der Waals surface area (Å²) in [4.78, 5) is 6.93. The van der Waals surface area contributed by atoms with Gasteiger partial charge in [0.1, 0.15) is 12.4 Å². The molecule has 7 heteroatoms. The van der Waals surface area contributed by atoms with Crippen LogP contribution in [0.4, 0.5) is 0 Å². The fourth-order valence-electron chi connectivity index (χ4n) is 3.27. The van der Waals surface area contributed by atoms with Crippen molar-refractivity contribution < 1.29 is 9.47 Å². The number of rotatable bonds is 12. The minimum Gasteiger partial charge on any atom is -0.491 e. The van der Waals surface area contributed by atoms with Crippen molar-refractivity contribution in [3.63, 3.8) is 0 Å². The van der Waals surface area contributed by atoms with Gasteiger partial charge in [0.2, 0.25) is 0 Å². The summed E-state index contributed by atoms with van der Waals surface area (Å²) >= 11 is 0. The quantitative estimate of drug-likeness (QED) is 0.192. The molecule has 0 atom stereocenters. The monoisotopic (exact) mass is 518 g/mol. The molecular formula is C22H39IN4O2. The van der Waals surface area contributed by atoms with E-state index in [1.807, 2.05) is 14.0 Å². The van der Waals surface area contributed by atoms with Crippen LogP contribution in [0.1, 0.15) is 44.7 Å². The first kappa shape index (κ1) is 26.0. The van der Waals surface area contributed by atoms with E-state index >= 15 is 0 Å². The zero-order chi connectivity index (χ0) is 20.4. The molecule has 1 aliphatic carbocycles. The van der Waals surface area contributed by atoms with E-state index in [1.54, 1.807) is 0 Å². The van der Waals surface area contributed by atoms with Gasteiger partial charge in [-0.05, 0) is 52.2 Å². The number of hydrogen-bond donors (Lipinski definition) is 2. The van der Waals surface area contributed by atoms with Crippen LogP contribution in [0.3, 0.4) is 0 Å². The fraction of sp³-hybridized carbons (Fsp3) is 0.682. The molecule has 0 amide bonds. The minimum atomic E-state index is 0. The SMILES string of the molecule is CCOCCOc1cc(C)ccc1CNC(=NC)NCCN(C(C)C)C1CC1.I. The molecule has 0 saturated heterocycles. The Morgan fingerprint density at radius 2 is 2.00 bits per heavy atom. The van der Waals surface area contributed by atoms with Gasteiger partial charge in [0.05, 0.1) is 6.61 Å². The van der Waals surface area contributed by atoms with Gasteiger partial charge in [0.25, 0.3) is 0 Å². The summed E-state index contributed by atoms with van der Waals surface area (Å²) in [5.41, 5.74) is 2.30. The van der Waals surface area contributed by atoms with E-state index in [-0.39, 0.29) is 24.0 Å². The lowest BCUT2D eigenvalue weighted by atomic mass is 10.1. The molecule has 0 spiro atoms. The maximum Gasteiger partial charge on any atom is 0.191 e. The van der Waals surface area contributed by atoms with Gasteiger partial charge in [-0.3, -0.25) is 9.89 Å². The topological polar surface area (TPSA) is 58.1 Å². The lowest BCUT2D eigenvalue weighted by Crippen LogP contribution is -2.43. The summed E-state index contributed by atoms with van der Waals surface area (Å²) in [6, 6.07) is 7.67. The molecule has 1 aromatic rings. The summed E-state index contributed by atoms with van der Waals surface area (Å²) in [5.74, 6) is 1.72. The third-order valence-electron chi connectivity index (χ3n) is 4.92. The lowest BCUT2D eigenvalue weighted by molar-refractivity contribution is 0.110. The number of guanidine groups is 1. The maximum absolute atomic E-state index is 5.93. The van der Waals surface area contributed by atoms with Gasteiger partial charge in [-0.2, -0.15) is 0 Å². The Balaban J connectivity index is 0.00000420. The number of aliphatic imine (C=N–C) groups is 1. The second-order valence-electron chi connectivity index (χ2n) is 7.57. The van der Waals surface area contributed by atoms with E-state index in [0.29, 0.717) is 32.4 Å². The minimum absolute atomic E-state index is 0. The molecule has 0 unspecified atom stereocenters. The van der Waals surface area contributed by atoms with Crippen LogP contribution in [0.15, 0.2) is 23.2 Å². The van der Waals surface area contributed by atoms with Crippen LogP contribution in [0.5, 0.6) is 5.75 Å². The second-order valence-corrected chi connectivity index (χ2v) is 7.57. The first-order valence-corrected chi connectivity index (χ1v) is 10.6.